The molecule has 0 fully saturated rings. The maximum Gasteiger partial charge on any atom is 0.317 e. The van der Waals surface area contributed by atoms with Crippen molar-refractivity contribution in [3.8, 4) is 59.6 Å². The van der Waals surface area contributed by atoms with Gasteiger partial charge < -0.3 is 42.5 Å². The number of rotatable bonds is 5. The fraction of sp³-hybridized carbons (Fsp3) is 0.205. The zero-order valence-corrected chi connectivity index (χ0v) is 38.1. The molecule has 0 aliphatic rings. The average molecular weight is 1140 g/mol. The molecule has 0 saturated carbocycles. The van der Waals surface area contributed by atoms with E-state index in [4.69, 9.17) is 41.4 Å². The van der Waals surface area contributed by atoms with Crippen LogP contribution < -0.4 is 0 Å². The van der Waals surface area contributed by atoms with Crippen LogP contribution in [0.2, 0.25) is 0 Å². The maximum atomic E-state index is 10.2. The SMILES string of the molecule is C#CCC(=O)O.C#CCC(=O)OC.C#Cc1ccco1.CC#Cc1ccco1.COC(=O)CC#CBr.Ic1ccco1.O=C(O)CBr.O=C(O)CI.c1ccoc1. The molecule has 0 aromatic carbocycles. The van der Waals surface area contributed by atoms with Crippen molar-refractivity contribution >= 4 is 107 Å². The topological polar surface area (TPSA) is 217 Å². The van der Waals surface area contributed by atoms with Gasteiger partial charge in [0, 0.05) is 15.9 Å². The average Bonchev–Trinajstić information content (AvgIpc) is 4.06. The Kier molecular flexibility index (Phi) is 54.2. The summed E-state index contributed by atoms with van der Waals surface area (Å²) in [5.41, 5.74) is 0. The first-order valence-electron chi connectivity index (χ1n) is 14.7. The van der Waals surface area contributed by atoms with E-state index >= 15 is 0 Å². The minimum atomic E-state index is -0.947. The van der Waals surface area contributed by atoms with Gasteiger partial charge >= 0.3 is 29.8 Å². The number of halogens is 4. The van der Waals surface area contributed by atoms with Gasteiger partial charge in [-0.15, -0.1) is 19.3 Å². The predicted octanol–water partition coefficient (Wildman–Crippen LogP) is 8.23. The van der Waals surface area contributed by atoms with Gasteiger partial charge in [0.25, 0.3) is 0 Å². The zero-order chi connectivity index (χ0) is 44.5. The monoisotopic (exact) mass is 1140 g/mol. The number of terminal acetylenes is 3. The van der Waals surface area contributed by atoms with Gasteiger partial charge in [-0.3, -0.25) is 24.0 Å². The molecule has 3 N–H and O–H groups in total. The molecule has 57 heavy (non-hydrogen) atoms. The number of ether oxygens (including phenoxy) is 2. The third-order valence-corrected chi connectivity index (χ3v) is 5.85. The molecular formula is C39H38Br2I2O14. The summed E-state index contributed by atoms with van der Waals surface area (Å²) in [6.45, 7) is 1.78. The number of esters is 2. The molecule has 4 aromatic heterocycles. The molecule has 14 nitrogen and oxygen atoms in total. The Morgan fingerprint density at radius 1 is 0.719 bits per heavy atom. The fourth-order valence-electron chi connectivity index (χ4n) is 1.74. The second kappa shape index (κ2) is 50.7. The molecule has 4 heterocycles. The molecular weight excluding hydrogens is 1110 g/mol. The van der Waals surface area contributed by atoms with E-state index in [1.54, 1.807) is 73.0 Å². The van der Waals surface area contributed by atoms with Crippen LogP contribution in [-0.4, -0.2) is 69.1 Å². The number of methoxy groups -OCH3 is 2. The highest BCUT2D eigenvalue weighted by molar-refractivity contribution is 14.1. The third kappa shape index (κ3) is 63.0. The summed E-state index contributed by atoms with van der Waals surface area (Å²) in [6.07, 6.45) is 22.4. The molecule has 0 saturated heterocycles. The number of furan rings is 4. The van der Waals surface area contributed by atoms with E-state index in [2.05, 4.69) is 109 Å². The van der Waals surface area contributed by atoms with Gasteiger partial charge in [-0.25, -0.2) is 0 Å². The molecule has 306 valence electrons. The van der Waals surface area contributed by atoms with E-state index in [-0.39, 0.29) is 41.0 Å². The number of hydrogen-bond donors (Lipinski definition) is 3. The minimum absolute atomic E-state index is 0.0347. The second-order valence-corrected chi connectivity index (χ2v) is 10.8. The second-order valence-electron chi connectivity index (χ2n) is 7.99. The smallest absolute Gasteiger partial charge is 0.317 e. The van der Waals surface area contributed by atoms with E-state index in [1.165, 1.54) is 14.2 Å². The van der Waals surface area contributed by atoms with E-state index in [1.807, 2.05) is 42.3 Å². The van der Waals surface area contributed by atoms with Crippen LogP contribution in [0.3, 0.4) is 0 Å². The van der Waals surface area contributed by atoms with Crippen molar-refractivity contribution in [2.45, 2.75) is 26.2 Å². The van der Waals surface area contributed by atoms with Crippen molar-refractivity contribution in [2.24, 2.45) is 0 Å². The Bertz CT molecular complexity index is 1760. The van der Waals surface area contributed by atoms with Gasteiger partial charge in [0.15, 0.2) is 15.3 Å². The van der Waals surface area contributed by atoms with E-state index in [0.29, 0.717) is 5.76 Å². The quantitative estimate of drug-likeness (QED) is 0.0743. The molecule has 4 rings (SSSR count). The Hall–Kier alpha value is -5.31. The Morgan fingerprint density at radius 3 is 1.37 bits per heavy atom. The van der Waals surface area contributed by atoms with E-state index in [0.717, 1.165) is 9.53 Å². The molecule has 0 radical (unpaired) electrons. The first-order chi connectivity index (χ1) is 27.2. The van der Waals surface area contributed by atoms with Crippen molar-refractivity contribution in [3.05, 3.63) is 95.1 Å². The summed E-state index contributed by atoms with van der Waals surface area (Å²) in [7, 11) is 2.64. The number of carbonyl (C=O) groups is 5. The largest absolute Gasteiger partial charge is 0.481 e. The Labute approximate surface area is 375 Å². The first-order valence-corrected chi connectivity index (χ1v) is 19.2. The van der Waals surface area contributed by atoms with Crippen LogP contribution >= 0.6 is 77.0 Å². The van der Waals surface area contributed by atoms with Gasteiger partial charge in [-0.2, -0.15) is 0 Å². The molecule has 0 atom stereocenters. The van der Waals surface area contributed by atoms with Crippen LogP contribution in [0.15, 0.2) is 97.5 Å². The lowest BCUT2D eigenvalue weighted by Crippen LogP contribution is -1.96. The van der Waals surface area contributed by atoms with E-state index < -0.39 is 17.9 Å². The molecule has 0 aliphatic carbocycles. The lowest BCUT2D eigenvalue weighted by Gasteiger charge is -1.87. The van der Waals surface area contributed by atoms with Crippen molar-refractivity contribution in [1.29, 1.82) is 0 Å². The molecule has 0 aliphatic heterocycles. The Balaban J connectivity index is -0.000000179. The van der Waals surface area contributed by atoms with Crippen LogP contribution in [0.25, 0.3) is 0 Å². The highest BCUT2D eigenvalue weighted by Gasteiger charge is 1.92. The summed E-state index contributed by atoms with van der Waals surface area (Å²) in [5.74, 6) is 12.6. The lowest BCUT2D eigenvalue weighted by atomic mass is 10.4. The van der Waals surface area contributed by atoms with Crippen LogP contribution in [0.1, 0.15) is 37.7 Å². The first kappa shape index (κ1) is 60.9. The van der Waals surface area contributed by atoms with Gasteiger partial charge in [0.1, 0.15) is 24.6 Å². The number of hydrogen-bond acceptors (Lipinski definition) is 11. The summed E-state index contributed by atoms with van der Waals surface area (Å²) >= 11 is 9.44. The van der Waals surface area contributed by atoms with Crippen LogP contribution in [0.4, 0.5) is 0 Å². The number of carboxylic acid groups (broad SMARTS) is 3. The van der Waals surface area contributed by atoms with Gasteiger partial charge in [-0.1, -0.05) is 62.2 Å². The highest BCUT2D eigenvalue weighted by atomic mass is 127. The van der Waals surface area contributed by atoms with Crippen LogP contribution in [-0.2, 0) is 33.4 Å². The normalized spacial score (nSPS) is 7.44. The van der Waals surface area contributed by atoms with Crippen LogP contribution in [0, 0.1) is 63.4 Å². The summed E-state index contributed by atoms with van der Waals surface area (Å²) in [4.78, 5) is 50.8. The molecule has 0 bridgehead atoms. The molecule has 18 heteroatoms. The third-order valence-electron chi connectivity index (χ3n) is 3.83. The molecule has 4 aromatic rings. The maximum absolute atomic E-state index is 10.2. The van der Waals surface area contributed by atoms with Gasteiger partial charge in [0.05, 0.1) is 50.0 Å². The molecule has 0 spiro atoms. The Morgan fingerprint density at radius 2 is 1.18 bits per heavy atom. The van der Waals surface area contributed by atoms with Crippen molar-refractivity contribution in [2.75, 3.05) is 24.0 Å². The van der Waals surface area contributed by atoms with Crippen molar-refractivity contribution < 1.29 is 66.4 Å². The highest BCUT2D eigenvalue weighted by Crippen LogP contribution is 2.01. The lowest BCUT2D eigenvalue weighted by molar-refractivity contribution is -0.140. The van der Waals surface area contributed by atoms with E-state index in [9.17, 15) is 24.0 Å². The van der Waals surface area contributed by atoms with Crippen molar-refractivity contribution in [1.82, 2.24) is 0 Å². The number of carbonyl (C=O) groups excluding carboxylic acids is 2. The zero-order valence-electron chi connectivity index (χ0n) is 30.6. The summed E-state index contributed by atoms with van der Waals surface area (Å²) < 4.78 is 28.7. The molecule has 0 amide bonds. The summed E-state index contributed by atoms with van der Waals surface area (Å²) in [5, 5.41) is 23.2. The van der Waals surface area contributed by atoms with Crippen molar-refractivity contribution in [3.63, 3.8) is 0 Å². The fourth-order valence-corrected chi connectivity index (χ4v) is 2.23. The molecule has 0 unspecified atom stereocenters. The summed E-state index contributed by atoms with van der Waals surface area (Å²) in [6, 6.07) is 14.6. The van der Waals surface area contributed by atoms with Crippen LogP contribution in [0.5, 0.6) is 0 Å². The van der Waals surface area contributed by atoms with Gasteiger partial charge in [0.2, 0.25) is 0 Å². The minimum Gasteiger partial charge on any atom is -0.481 e. The number of carboxylic acids is 3. The number of alkyl halides is 2. The van der Waals surface area contributed by atoms with Gasteiger partial charge in [-0.05, 0) is 94.7 Å². The standard InChI is InChI=1S/C7H6O.C6H4O.C5H5BrO2.C5H6O2.C4H3IO.C4H4O2.C4H4O.C2H3BrO2.C2H3IO2/c1-2-4-7-5-3-6-8-7;1-2-6-4-3-5-7-6;1-8-5(7)3-2-4-6;1-3-4-5(6)7-2;5-4-2-1-3-6-4;1-2-3-4(5)6;1-2-4-5-3-1;2*3-1-2(4)5/h3,5-6H,1H3;1,3-5H;3H2,1H3;1H,4H2,2H3;1-3H;1H,3H2,(H,5,6);1-4H;2*1H2,(H,4,5). The predicted molar refractivity (Wildman–Crippen MR) is 236 cm³/mol. The number of aliphatic carboxylic acids is 3.